The lowest BCUT2D eigenvalue weighted by Crippen LogP contribution is -2.27. The zero-order chi connectivity index (χ0) is 21.7. The number of fused-ring (bicyclic) bond motifs is 1. The van der Waals surface area contributed by atoms with Gasteiger partial charge in [-0.15, -0.1) is 0 Å². The average Bonchev–Trinajstić information content (AvgIpc) is 2.71. The van der Waals surface area contributed by atoms with Gasteiger partial charge in [0, 0.05) is 30.3 Å². The molecule has 156 valence electrons. The Labute approximate surface area is 173 Å². The van der Waals surface area contributed by atoms with Gasteiger partial charge in [-0.05, 0) is 61.4 Å². The Bertz CT molecular complexity index is 984. The second kappa shape index (κ2) is 9.21. The van der Waals surface area contributed by atoms with Crippen molar-refractivity contribution in [3.8, 4) is 5.75 Å². The van der Waals surface area contributed by atoms with Gasteiger partial charge in [0.1, 0.15) is 5.75 Å². The van der Waals surface area contributed by atoms with Crippen LogP contribution in [-0.2, 0) is 25.5 Å². The van der Waals surface area contributed by atoms with E-state index in [9.17, 15) is 19.2 Å². The van der Waals surface area contributed by atoms with E-state index in [0.29, 0.717) is 29.8 Å². The van der Waals surface area contributed by atoms with E-state index in [-0.39, 0.29) is 24.2 Å². The third-order valence-electron chi connectivity index (χ3n) is 4.50. The molecule has 1 unspecified atom stereocenters. The van der Waals surface area contributed by atoms with E-state index in [4.69, 9.17) is 9.47 Å². The number of rotatable bonds is 7. The minimum atomic E-state index is -0.980. The number of aryl methyl sites for hydroxylation is 1. The SMILES string of the molecule is CC(=O)Nc1ccc(C(=O)C(C)OC(=O)COc2ccc3c(c2)CCC(=O)N3)cc1. The molecule has 8 heteroatoms. The molecule has 0 aromatic heterocycles. The van der Waals surface area contributed by atoms with Crippen LogP contribution in [0.15, 0.2) is 42.5 Å². The summed E-state index contributed by atoms with van der Waals surface area (Å²) in [6, 6.07) is 11.5. The number of esters is 1. The van der Waals surface area contributed by atoms with Crippen LogP contribution in [0.1, 0.15) is 36.2 Å². The zero-order valence-corrected chi connectivity index (χ0v) is 16.7. The van der Waals surface area contributed by atoms with E-state index in [2.05, 4.69) is 10.6 Å². The molecule has 0 radical (unpaired) electrons. The van der Waals surface area contributed by atoms with Gasteiger partial charge < -0.3 is 20.1 Å². The van der Waals surface area contributed by atoms with Gasteiger partial charge in [0.25, 0.3) is 0 Å². The maximum absolute atomic E-state index is 12.4. The maximum Gasteiger partial charge on any atom is 0.344 e. The number of carbonyl (C=O) groups is 4. The lowest BCUT2D eigenvalue weighted by molar-refractivity contribution is -0.148. The van der Waals surface area contributed by atoms with Crippen LogP contribution in [0.25, 0.3) is 0 Å². The lowest BCUT2D eigenvalue weighted by atomic mass is 10.0. The van der Waals surface area contributed by atoms with Crippen LogP contribution in [0, 0.1) is 0 Å². The number of nitrogens with one attached hydrogen (secondary N) is 2. The van der Waals surface area contributed by atoms with E-state index in [0.717, 1.165) is 11.3 Å². The van der Waals surface area contributed by atoms with Gasteiger partial charge >= 0.3 is 5.97 Å². The Morgan fingerprint density at radius 3 is 2.53 bits per heavy atom. The number of hydrogen-bond acceptors (Lipinski definition) is 6. The summed E-state index contributed by atoms with van der Waals surface area (Å²) in [6.07, 6.45) is 0.0328. The zero-order valence-electron chi connectivity index (χ0n) is 16.7. The molecule has 2 N–H and O–H groups in total. The first kappa shape index (κ1) is 21.0. The number of amides is 2. The van der Waals surface area contributed by atoms with Crippen LogP contribution in [0.4, 0.5) is 11.4 Å². The molecule has 1 aliphatic heterocycles. The lowest BCUT2D eigenvalue weighted by Gasteiger charge is -2.18. The molecule has 2 amide bonds. The van der Waals surface area contributed by atoms with Crippen LogP contribution in [0.5, 0.6) is 5.75 Å². The highest BCUT2D eigenvalue weighted by atomic mass is 16.6. The summed E-state index contributed by atoms with van der Waals surface area (Å²) in [5.74, 6) is -0.781. The Morgan fingerprint density at radius 1 is 1.10 bits per heavy atom. The Hall–Kier alpha value is -3.68. The highest BCUT2D eigenvalue weighted by Gasteiger charge is 2.20. The molecule has 0 fully saturated rings. The summed E-state index contributed by atoms with van der Waals surface area (Å²) in [7, 11) is 0. The smallest absolute Gasteiger partial charge is 0.344 e. The molecule has 3 rings (SSSR count). The number of hydrogen-bond donors (Lipinski definition) is 2. The highest BCUT2D eigenvalue weighted by Crippen LogP contribution is 2.26. The van der Waals surface area contributed by atoms with E-state index < -0.39 is 12.1 Å². The molecule has 0 bridgehead atoms. The predicted octanol–water partition coefficient (Wildman–Crippen LogP) is 2.72. The fourth-order valence-corrected chi connectivity index (χ4v) is 3.03. The quantitative estimate of drug-likeness (QED) is 0.536. The number of ether oxygens (including phenoxy) is 2. The van der Waals surface area contributed by atoms with Gasteiger partial charge in [0.05, 0.1) is 0 Å². The van der Waals surface area contributed by atoms with Crippen molar-refractivity contribution in [3.63, 3.8) is 0 Å². The van der Waals surface area contributed by atoms with Crippen LogP contribution in [0.2, 0.25) is 0 Å². The molecule has 0 saturated carbocycles. The molecule has 1 aliphatic rings. The third-order valence-corrected chi connectivity index (χ3v) is 4.50. The first-order chi connectivity index (χ1) is 14.3. The molecule has 0 spiro atoms. The first-order valence-corrected chi connectivity index (χ1v) is 9.49. The number of Topliss-reactive ketones (excluding diaryl/α,β-unsaturated/α-hetero) is 1. The van der Waals surface area contributed by atoms with Crippen molar-refractivity contribution in [2.45, 2.75) is 32.8 Å². The molecular weight excluding hydrogens is 388 g/mol. The molecule has 0 saturated heterocycles. The van der Waals surface area contributed by atoms with Gasteiger partial charge in [-0.1, -0.05) is 0 Å². The standard InChI is InChI=1S/C22H22N2O6/c1-13(22(28)15-3-6-17(7-4-15)23-14(2)25)30-21(27)12-29-18-8-9-19-16(11-18)5-10-20(26)24-19/h3-4,6-9,11,13H,5,10,12H2,1-2H3,(H,23,25)(H,24,26). The predicted molar refractivity (Wildman–Crippen MR) is 110 cm³/mol. The van der Waals surface area contributed by atoms with Crippen molar-refractivity contribution < 1.29 is 28.7 Å². The molecule has 8 nitrogen and oxygen atoms in total. The second-order valence-corrected chi connectivity index (χ2v) is 6.91. The minimum absolute atomic E-state index is 0.0249. The monoisotopic (exact) mass is 410 g/mol. The number of carbonyl (C=O) groups excluding carboxylic acids is 4. The average molecular weight is 410 g/mol. The topological polar surface area (TPSA) is 111 Å². The van der Waals surface area contributed by atoms with Crippen LogP contribution in [0.3, 0.4) is 0 Å². The Kier molecular flexibility index (Phi) is 6.46. The molecule has 2 aromatic carbocycles. The summed E-state index contributed by atoms with van der Waals surface area (Å²) >= 11 is 0. The van der Waals surface area contributed by atoms with Crippen molar-refractivity contribution in [3.05, 3.63) is 53.6 Å². The van der Waals surface area contributed by atoms with E-state index in [1.54, 1.807) is 42.5 Å². The maximum atomic E-state index is 12.4. The third kappa shape index (κ3) is 5.44. The molecule has 1 atom stereocenters. The molecule has 1 heterocycles. The largest absolute Gasteiger partial charge is 0.482 e. The van der Waals surface area contributed by atoms with Gasteiger partial charge in [-0.2, -0.15) is 0 Å². The second-order valence-electron chi connectivity index (χ2n) is 6.91. The number of ketones is 1. The van der Waals surface area contributed by atoms with Crippen molar-refractivity contribution in [2.24, 2.45) is 0 Å². The number of benzene rings is 2. The highest BCUT2D eigenvalue weighted by molar-refractivity contribution is 6.00. The molecule has 30 heavy (non-hydrogen) atoms. The Morgan fingerprint density at radius 2 is 1.83 bits per heavy atom. The van der Waals surface area contributed by atoms with Crippen molar-refractivity contribution in [2.75, 3.05) is 17.2 Å². The van der Waals surface area contributed by atoms with Gasteiger partial charge in [-0.25, -0.2) is 4.79 Å². The molecule has 2 aromatic rings. The van der Waals surface area contributed by atoms with Crippen LogP contribution < -0.4 is 15.4 Å². The molecule has 0 aliphatic carbocycles. The van der Waals surface area contributed by atoms with Crippen molar-refractivity contribution in [1.29, 1.82) is 0 Å². The van der Waals surface area contributed by atoms with Gasteiger partial charge in [0.2, 0.25) is 17.6 Å². The van der Waals surface area contributed by atoms with Crippen LogP contribution >= 0.6 is 0 Å². The van der Waals surface area contributed by atoms with Gasteiger partial charge in [0.15, 0.2) is 12.7 Å². The Balaban J connectivity index is 1.51. The van der Waals surface area contributed by atoms with Crippen molar-refractivity contribution >= 4 is 34.9 Å². The van der Waals surface area contributed by atoms with E-state index >= 15 is 0 Å². The first-order valence-electron chi connectivity index (χ1n) is 9.49. The fraction of sp³-hybridized carbons (Fsp3) is 0.273. The normalized spacial score (nSPS) is 13.5. The van der Waals surface area contributed by atoms with E-state index in [1.165, 1.54) is 13.8 Å². The van der Waals surface area contributed by atoms with E-state index in [1.807, 2.05) is 0 Å². The summed E-state index contributed by atoms with van der Waals surface area (Å²) in [5.41, 5.74) is 2.61. The summed E-state index contributed by atoms with van der Waals surface area (Å²) in [4.78, 5) is 46.9. The number of anilines is 2. The fourth-order valence-electron chi connectivity index (χ4n) is 3.03. The van der Waals surface area contributed by atoms with Crippen LogP contribution in [-0.4, -0.2) is 36.3 Å². The summed E-state index contributed by atoms with van der Waals surface area (Å²) in [6.45, 7) is 2.54. The summed E-state index contributed by atoms with van der Waals surface area (Å²) < 4.78 is 10.6. The van der Waals surface area contributed by atoms with Crippen molar-refractivity contribution in [1.82, 2.24) is 0 Å². The van der Waals surface area contributed by atoms with Gasteiger partial charge in [-0.3, -0.25) is 14.4 Å². The summed E-state index contributed by atoms with van der Waals surface area (Å²) in [5, 5.41) is 5.39. The minimum Gasteiger partial charge on any atom is -0.482 e. The molecular formula is C22H22N2O6.